The molecule has 7 heteroatoms. The van der Waals surface area contributed by atoms with Gasteiger partial charge >= 0.3 is 5.97 Å². The topological polar surface area (TPSA) is 91.5 Å². The summed E-state index contributed by atoms with van der Waals surface area (Å²) < 4.78 is 4.68. The number of ether oxygens (including phenoxy) is 1. The normalized spacial score (nSPS) is 10.4. The molecule has 1 aromatic carbocycles. The molecule has 0 bridgehead atoms. The Bertz CT molecular complexity index is 868. The number of methoxy groups -OCH3 is 1. The highest BCUT2D eigenvalue weighted by Gasteiger charge is 2.19. The van der Waals surface area contributed by atoms with Gasteiger partial charge in [0, 0.05) is 37.6 Å². The number of esters is 1. The third-order valence-electron chi connectivity index (χ3n) is 4.33. The predicted molar refractivity (Wildman–Crippen MR) is 103 cm³/mol. The molecule has 1 heterocycles. The highest BCUT2D eigenvalue weighted by Crippen LogP contribution is 2.21. The van der Waals surface area contributed by atoms with Crippen LogP contribution in [-0.2, 0) is 16.0 Å². The Labute approximate surface area is 158 Å². The fourth-order valence-corrected chi connectivity index (χ4v) is 2.91. The molecule has 2 amide bonds. The molecule has 2 N–H and O–H groups in total. The van der Waals surface area contributed by atoms with Gasteiger partial charge in [-0.1, -0.05) is 6.07 Å². The molecule has 0 spiro atoms. The van der Waals surface area contributed by atoms with Crippen LogP contribution in [0.3, 0.4) is 0 Å². The third kappa shape index (κ3) is 4.75. The van der Waals surface area contributed by atoms with Crippen molar-refractivity contribution in [1.29, 1.82) is 0 Å². The highest BCUT2D eigenvalue weighted by molar-refractivity contribution is 5.97. The fraction of sp³-hybridized carbons (Fsp3) is 0.350. The molecule has 0 aliphatic heterocycles. The van der Waals surface area contributed by atoms with Crippen molar-refractivity contribution in [2.45, 2.75) is 26.7 Å². The number of aromatic nitrogens is 1. The van der Waals surface area contributed by atoms with Crippen molar-refractivity contribution in [3.63, 3.8) is 0 Å². The second-order valence-corrected chi connectivity index (χ2v) is 6.55. The van der Waals surface area contributed by atoms with Crippen LogP contribution in [0.2, 0.25) is 0 Å². The molecule has 0 aliphatic carbocycles. The average Bonchev–Trinajstić information content (AvgIpc) is 2.92. The van der Waals surface area contributed by atoms with Gasteiger partial charge in [0.25, 0.3) is 5.91 Å². The Morgan fingerprint density at radius 1 is 1.19 bits per heavy atom. The van der Waals surface area contributed by atoms with Crippen LogP contribution in [0.5, 0.6) is 0 Å². The third-order valence-corrected chi connectivity index (χ3v) is 4.33. The fourth-order valence-electron chi connectivity index (χ4n) is 2.91. The smallest absolute Gasteiger partial charge is 0.337 e. The number of nitrogens with one attached hydrogen (secondary N) is 2. The Kier molecular flexibility index (Phi) is 6.39. The Hall–Kier alpha value is -3.09. The van der Waals surface area contributed by atoms with Crippen LogP contribution >= 0.6 is 0 Å². The summed E-state index contributed by atoms with van der Waals surface area (Å²) in [5.41, 5.74) is 4.10. The molecule has 7 nitrogen and oxygen atoms in total. The van der Waals surface area contributed by atoms with Crippen LogP contribution in [-0.4, -0.2) is 48.9 Å². The van der Waals surface area contributed by atoms with Crippen LogP contribution in [0.4, 0.5) is 5.69 Å². The summed E-state index contributed by atoms with van der Waals surface area (Å²) in [7, 11) is 4.73. The van der Waals surface area contributed by atoms with E-state index in [0.29, 0.717) is 23.2 Å². The van der Waals surface area contributed by atoms with E-state index in [9.17, 15) is 14.4 Å². The van der Waals surface area contributed by atoms with E-state index in [1.807, 2.05) is 13.8 Å². The van der Waals surface area contributed by atoms with Crippen molar-refractivity contribution >= 4 is 23.5 Å². The van der Waals surface area contributed by atoms with Gasteiger partial charge in [0.05, 0.1) is 18.2 Å². The predicted octanol–water partition coefficient (Wildman–Crippen LogP) is 2.69. The molecule has 0 radical (unpaired) electrons. The van der Waals surface area contributed by atoms with E-state index in [-0.39, 0.29) is 18.2 Å². The van der Waals surface area contributed by atoms with Gasteiger partial charge in [-0.05, 0) is 44.0 Å². The first kappa shape index (κ1) is 20.2. The summed E-state index contributed by atoms with van der Waals surface area (Å²) in [6, 6.07) is 6.58. The number of benzene rings is 1. The lowest BCUT2D eigenvalue weighted by Gasteiger charge is -2.11. The first-order chi connectivity index (χ1) is 12.7. The number of aromatic amines is 1. The molecule has 27 heavy (non-hydrogen) atoms. The zero-order chi connectivity index (χ0) is 20.1. The molecule has 0 saturated heterocycles. The monoisotopic (exact) mass is 371 g/mol. The maximum Gasteiger partial charge on any atom is 0.337 e. The lowest BCUT2D eigenvalue weighted by atomic mass is 10.1. The van der Waals surface area contributed by atoms with Gasteiger partial charge in [0.2, 0.25) is 5.91 Å². The first-order valence-electron chi connectivity index (χ1n) is 8.62. The summed E-state index contributed by atoms with van der Waals surface area (Å²) in [6.45, 7) is 3.74. The van der Waals surface area contributed by atoms with E-state index < -0.39 is 5.97 Å². The SMILES string of the molecule is COC(=O)c1cccc(NC(=O)CCc2[nH]c(C)c(C(=O)N(C)C)c2C)c1. The quantitative estimate of drug-likeness (QED) is 0.764. The number of amides is 2. The second-order valence-electron chi connectivity index (χ2n) is 6.55. The number of hydrogen-bond acceptors (Lipinski definition) is 4. The van der Waals surface area contributed by atoms with Gasteiger partial charge in [-0.2, -0.15) is 0 Å². The van der Waals surface area contributed by atoms with Crippen molar-refractivity contribution < 1.29 is 19.1 Å². The lowest BCUT2D eigenvalue weighted by Crippen LogP contribution is -2.22. The van der Waals surface area contributed by atoms with Gasteiger partial charge in [0.15, 0.2) is 0 Å². The molecular weight excluding hydrogens is 346 g/mol. The van der Waals surface area contributed by atoms with E-state index in [2.05, 4.69) is 15.0 Å². The Balaban J connectivity index is 2.03. The Morgan fingerprint density at radius 3 is 2.52 bits per heavy atom. The number of anilines is 1. The van der Waals surface area contributed by atoms with Crippen LogP contribution < -0.4 is 5.32 Å². The standard InChI is InChI=1S/C20H25N3O4/c1-12-16(21-13(2)18(12)19(25)23(3)4)9-10-17(24)22-15-8-6-7-14(11-15)20(26)27-5/h6-8,11,21H,9-10H2,1-5H3,(H,22,24). The highest BCUT2D eigenvalue weighted by atomic mass is 16.5. The van der Waals surface area contributed by atoms with Gasteiger partial charge in [-0.25, -0.2) is 4.79 Å². The number of rotatable bonds is 6. The number of carbonyl (C=O) groups excluding carboxylic acids is 3. The van der Waals surface area contributed by atoms with Gasteiger partial charge < -0.3 is 19.9 Å². The number of aryl methyl sites for hydroxylation is 2. The van der Waals surface area contributed by atoms with E-state index in [1.54, 1.807) is 38.4 Å². The maximum atomic E-state index is 12.3. The molecule has 0 aliphatic rings. The van der Waals surface area contributed by atoms with Crippen molar-refractivity contribution in [1.82, 2.24) is 9.88 Å². The van der Waals surface area contributed by atoms with Gasteiger partial charge in [0.1, 0.15) is 0 Å². The zero-order valence-corrected chi connectivity index (χ0v) is 16.3. The number of carbonyl (C=O) groups is 3. The van der Waals surface area contributed by atoms with Gasteiger partial charge in [-0.15, -0.1) is 0 Å². The molecule has 144 valence electrons. The molecule has 2 rings (SSSR count). The van der Waals surface area contributed by atoms with Crippen molar-refractivity contribution in [3.8, 4) is 0 Å². The van der Waals surface area contributed by atoms with E-state index >= 15 is 0 Å². The first-order valence-corrected chi connectivity index (χ1v) is 8.62. The van der Waals surface area contributed by atoms with Crippen molar-refractivity contribution in [2.24, 2.45) is 0 Å². The molecule has 2 aromatic rings. The van der Waals surface area contributed by atoms with Gasteiger partial charge in [-0.3, -0.25) is 9.59 Å². The van der Waals surface area contributed by atoms with E-state index in [0.717, 1.165) is 17.0 Å². The molecular formula is C20H25N3O4. The van der Waals surface area contributed by atoms with Crippen LogP contribution in [0.15, 0.2) is 24.3 Å². The van der Waals surface area contributed by atoms with E-state index in [1.165, 1.54) is 12.0 Å². The largest absolute Gasteiger partial charge is 0.465 e. The summed E-state index contributed by atoms with van der Waals surface area (Å²) >= 11 is 0. The number of H-pyrrole nitrogens is 1. The lowest BCUT2D eigenvalue weighted by molar-refractivity contribution is -0.116. The van der Waals surface area contributed by atoms with Crippen LogP contribution in [0, 0.1) is 13.8 Å². The summed E-state index contributed by atoms with van der Waals surface area (Å²) in [6.07, 6.45) is 0.731. The van der Waals surface area contributed by atoms with Crippen molar-refractivity contribution in [3.05, 3.63) is 52.3 Å². The summed E-state index contributed by atoms with van der Waals surface area (Å²) in [4.78, 5) is 40.9. The van der Waals surface area contributed by atoms with Crippen molar-refractivity contribution in [2.75, 3.05) is 26.5 Å². The average molecular weight is 371 g/mol. The zero-order valence-electron chi connectivity index (χ0n) is 16.3. The number of hydrogen-bond donors (Lipinski definition) is 2. The molecule has 0 saturated carbocycles. The summed E-state index contributed by atoms with van der Waals surface area (Å²) in [5, 5.41) is 2.78. The van der Waals surface area contributed by atoms with Crippen LogP contribution in [0.25, 0.3) is 0 Å². The van der Waals surface area contributed by atoms with E-state index in [4.69, 9.17) is 0 Å². The minimum atomic E-state index is -0.457. The second kappa shape index (κ2) is 8.53. The summed E-state index contributed by atoms with van der Waals surface area (Å²) in [5.74, 6) is -0.692. The molecule has 0 fully saturated rings. The Morgan fingerprint density at radius 2 is 1.89 bits per heavy atom. The number of nitrogens with zero attached hydrogens (tertiary/aromatic N) is 1. The molecule has 0 unspecified atom stereocenters. The maximum absolute atomic E-state index is 12.3. The van der Waals surface area contributed by atoms with Crippen LogP contribution in [0.1, 0.15) is 44.1 Å². The molecule has 1 aromatic heterocycles. The molecule has 0 atom stereocenters. The minimum absolute atomic E-state index is 0.0587. The minimum Gasteiger partial charge on any atom is -0.465 e.